The minimum Gasteiger partial charge on any atom is -0.308 e. The van der Waals surface area contributed by atoms with Crippen molar-refractivity contribution in [3.8, 4) is 11.1 Å². The van der Waals surface area contributed by atoms with Gasteiger partial charge in [0, 0.05) is 16.3 Å². The summed E-state index contributed by atoms with van der Waals surface area (Å²) in [6.07, 6.45) is 7.00. The SMILES string of the molecule is CCc1nnc([C@H]2C(=N)S/C(=C\c3cc(C)n(-c4sc5c(c4C#N)CCCC5)c3C)C2=O)s1. The molecule has 0 unspecified atom stereocenters. The van der Waals surface area contributed by atoms with E-state index in [1.807, 2.05) is 26.8 Å². The quantitative estimate of drug-likeness (QED) is 0.468. The van der Waals surface area contributed by atoms with Gasteiger partial charge in [-0.2, -0.15) is 5.26 Å². The number of nitriles is 1. The summed E-state index contributed by atoms with van der Waals surface area (Å²) in [4.78, 5) is 15.1. The van der Waals surface area contributed by atoms with Crippen molar-refractivity contribution >= 4 is 51.3 Å². The molecule has 1 saturated heterocycles. The number of hydrogen-bond donors (Lipinski definition) is 1. The monoisotopic (exact) mass is 493 g/mol. The Morgan fingerprint density at radius 3 is 2.79 bits per heavy atom. The lowest BCUT2D eigenvalue weighted by atomic mass is 9.96. The Hall–Kier alpha value is -2.54. The molecule has 1 atom stereocenters. The topological polar surface area (TPSA) is 95.4 Å². The van der Waals surface area contributed by atoms with E-state index in [4.69, 9.17) is 5.41 Å². The summed E-state index contributed by atoms with van der Waals surface area (Å²) in [6, 6.07) is 4.52. The van der Waals surface area contributed by atoms with Crippen molar-refractivity contribution < 1.29 is 4.79 Å². The van der Waals surface area contributed by atoms with E-state index in [0.717, 1.165) is 58.2 Å². The molecule has 0 aromatic carbocycles. The molecule has 33 heavy (non-hydrogen) atoms. The predicted octanol–water partition coefficient (Wildman–Crippen LogP) is 5.74. The summed E-state index contributed by atoms with van der Waals surface area (Å²) in [6.45, 7) is 6.07. The third-order valence-electron chi connectivity index (χ3n) is 6.24. The third-order valence-corrected chi connectivity index (χ3v) is 9.65. The number of thiophene rings is 1. The van der Waals surface area contributed by atoms with E-state index in [1.54, 1.807) is 11.3 Å². The second kappa shape index (κ2) is 8.67. The number of thioether (sulfide) groups is 1. The average molecular weight is 494 g/mol. The molecule has 5 rings (SSSR count). The molecule has 0 saturated carbocycles. The van der Waals surface area contributed by atoms with Crippen molar-refractivity contribution in [3.63, 3.8) is 0 Å². The van der Waals surface area contributed by atoms with Crippen LogP contribution >= 0.6 is 34.4 Å². The zero-order chi connectivity index (χ0) is 23.3. The maximum Gasteiger partial charge on any atom is 0.186 e. The summed E-state index contributed by atoms with van der Waals surface area (Å²) in [7, 11) is 0. The first kappa shape index (κ1) is 22.3. The van der Waals surface area contributed by atoms with Crippen molar-refractivity contribution in [2.24, 2.45) is 0 Å². The lowest BCUT2D eigenvalue weighted by Crippen LogP contribution is -2.11. The highest BCUT2D eigenvalue weighted by atomic mass is 32.2. The number of aryl methyl sites for hydroxylation is 3. The van der Waals surface area contributed by atoms with E-state index >= 15 is 0 Å². The van der Waals surface area contributed by atoms with Crippen LogP contribution in [0.4, 0.5) is 0 Å². The number of nitrogens with one attached hydrogen (secondary N) is 1. The van der Waals surface area contributed by atoms with Gasteiger partial charge in [0.2, 0.25) is 0 Å². The number of nitrogens with zero attached hydrogens (tertiary/aromatic N) is 4. The first-order valence-electron chi connectivity index (χ1n) is 11.0. The van der Waals surface area contributed by atoms with Gasteiger partial charge in [0.05, 0.1) is 15.5 Å². The fourth-order valence-electron chi connectivity index (χ4n) is 4.55. The molecule has 0 spiro atoms. The highest BCUT2D eigenvalue weighted by molar-refractivity contribution is 8.19. The number of hydrogen-bond acceptors (Lipinski definition) is 8. The predicted molar refractivity (Wildman–Crippen MR) is 135 cm³/mol. The Morgan fingerprint density at radius 2 is 2.06 bits per heavy atom. The molecule has 1 aliphatic carbocycles. The van der Waals surface area contributed by atoms with Gasteiger partial charge in [-0.1, -0.05) is 18.7 Å². The molecule has 9 heteroatoms. The Balaban J connectivity index is 1.52. The van der Waals surface area contributed by atoms with Crippen LogP contribution in [0.15, 0.2) is 11.0 Å². The number of fused-ring (bicyclic) bond motifs is 1. The average Bonchev–Trinajstić information content (AvgIpc) is 3.53. The van der Waals surface area contributed by atoms with E-state index in [2.05, 4.69) is 26.9 Å². The van der Waals surface area contributed by atoms with E-state index in [1.165, 1.54) is 40.0 Å². The van der Waals surface area contributed by atoms with Crippen LogP contribution in [0, 0.1) is 30.6 Å². The summed E-state index contributed by atoms with van der Waals surface area (Å²) in [5, 5.41) is 29.4. The van der Waals surface area contributed by atoms with Crippen LogP contribution in [0.2, 0.25) is 0 Å². The molecule has 3 aromatic heterocycles. The summed E-state index contributed by atoms with van der Waals surface area (Å²) in [5.41, 5.74) is 5.00. The number of Topliss-reactive ketones (excluding diaryl/α,β-unsaturated/α-hetero) is 1. The van der Waals surface area contributed by atoms with Crippen LogP contribution in [-0.2, 0) is 24.1 Å². The van der Waals surface area contributed by atoms with Gasteiger partial charge in [0.1, 0.15) is 27.0 Å². The fourth-order valence-corrected chi connectivity index (χ4v) is 7.95. The second-order valence-electron chi connectivity index (χ2n) is 8.32. The Morgan fingerprint density at radius 1 is 1.27 bits per heavy atom. The number of ketones is 1. The third kappa shape index (κ3) is 3.70. The molecule has 0 bridgehead atoms. The number of carbonyl (C=O) groups is 1. The second-order valence-corrected chi connectivity index (χ2v) is 11.6. The maximum atomic E-state index is 13.2. The molecule has 1 fully saturated rings. The number of aromatic nitrogens is 3. The van der Waals surface area contributed by atoms with Crippen molar-refractivity contribution in [2.45, 2.75) is 58.8 Å². The van der Waals surface area contributed by atoms with Crippen LogP contribution in [0.3, 0.4) is 0 Å². The van der Waals surface area contributed by atoms with Gasteiger partial charge in [-0.15, -0.1) is 32.9 Å². The summed E-state index contributed by atoms with van der Waals surface area (Å²) < 4.78 is 2.15. The molecule has 2 aliphatic rings. The minimum atomic E-state index is -0.642. The van der Waals surface area contributed by atoms with Gasteiger partial charge in [-0.25, -0.2) is 0 Å². The highest BCUT2D eigenvalue weighted by Crippen LogP contribution is 2.43. The molecule has 1 N–H and O–H groups in total. The Bertz CT molecular complexity index is 1370. The van der Waals surface area contributed by atoms with Crippen LogP contribution in [0.25, 0.3) is 11.1 Å². The molecular weight excluding hydrogens is 470 g/mol. The van der Waals surface area contributed by atoms with Crippen molar-refractivity contribution in [3.05, 3.63) is 53.9 Å². The zero-order valence-electron chi connectivity index (χ0n) is 18.7. The Labute approximate surface area is 204 Å². The maximum absolute atomic E-state index is 13.2. The fraction of sp³-hybridized carbons (Fsp3) is 0.375. The first-order chi connectivity index (χ1) is 15.9. The highest BCUT2D eigenvalue weighted by Gasteiger charge is 2.39. The molecule has 0 radical (unpaired) electrons. The first-order valence-corrected chi connectivity index (χ1v) is 13.5. The van der Waals surface area contributed by atoms with Gasteiger partial charge in [-0.3, -0.25) is 10.2 Å². The van der Waals surface area contributed by atoms with E-state index < -0.39 is 5.92 Å². The molecule has 168 valence electrons. The number of allylic oxidation sites excluding steroid dienone is 1. The van der Waals surface area contributed by atoms with Crippen LogP contribution in [-0.4, -0.2) is 25.6 Å². The van der Waals surface area contributed by atoms with Crippen molar-refractivity contribution in [2.75, 3.05) is 0 Å². The van der Waals surface area contributed by atoms with Crippen molar-refractivity contribution in [1.82, 2.24) is 14.8 Å². The van der Waals surface area contributed by atoms with Crippen LogP contribution < -0.4 is 0 Å². The summed E-state index contributed by atoms with van der Waals surface area (Å²) in [5.74, 6) is -0.727. The number of rotatable bonds is 4. The smallest absolute Gasteiger partial charge is 0.186 e. The lowest BCUT2D eigenvalue weighted by molar-refractivity contribution is -0.114. The van der Waals surface area contributed by atoms with Crippen LogP contribution in [0.5, 0.6) is 0 Å². The van der Waals surface area contributed by atoms with E-state index in [9.17, 15) is 10.1 Å². The van der Waals surface area contributed by atoms with Crippen LogP contribution in [0.1, 0.15) is 68.7 Å². The normalized spacial score (nSPS) is 19.3. The van der Waals surface area contributed by atoms with Gasteiger partial charge in [0.15, 0.2) is 5.78 Å². The zero-order valence-corrected chi connectivity index (χ0v) is 21.1. The van der Waals surface area contributed by atoms with Crippen molar-refractivity contribution in [1.29, 1.82) is 10.7 Å². The molecular formula is C24H23N5OS3. The van der Waals surface area contributed by atoms with Gasteiger partial charge >= 0.3 is 0 Å². The van der Waals surface area contributed by atoms with E-state index in [0.29, 0.717) is 15.0 Å². The Kier molecular flexibility index (Phi) is 5.85. The van der Waals surface area contributed by atoms with E-state index in [-0.39, 0.29) is 5.78 Å². The minimum absolute atomic E-state index is 0.0853. The molecule has 3 aromatic rings. The standard InChI is InChI=1S/C24H23N5OS3/c1-4-19-27-28-23(33-19)20-21(30)18(31-22(20)26)10-14-9-12(2)29(13(14)3)24-16(11-25)15-7-5-6-8-17(15)32-24/h9-10,20,26H,4-8H2,1-3H3/b18-10-,26-22?/t20-/m1/s1. The number of carbonyl (C=O) groups excluding carboxylic acids is 1. The van der Waals surface area contributed by atoms with Gasteiger partial charge in [0.25, 0.3) is 0 Å². The van der Waals surface area contributed by atoms with Gasteiger partial charge < -0.3 is 4.57 Å². The molecule has 1 aliphatic heterocycles. The lowest BCUT2D eigenvalue weighted by Gasteiger charge is -2.10. The van der Waals surface area contributed by atoms with Gasteiger partial charge in [-0.05, 0) is 69.2 Å². The molecule has 6 nitrogen and oxygen atoms in total. The largest absolute Gasteiger partial charge is 0.308 e. The summed E-state index contributed by atoms with van der Waals surface area (Å²) >= 11 is 4.35. The molecule has 0 amide bonds. The molecule has 4 heterocycles.